The molecule has 0 N–H and O–H groups in total. The number of likely N-dealkylation sites (tertiary alicyclic amines) is 2. The summed E-state index contributed by atoms with van der Waals surface area (Å²) in [7, 11) is 3.05. The fourth-order valence-corrected chi connectivity index (χ4v) is 6.40. The molecule has 0 aliphatic carbocycles. The fraction of sp³-hybridized carbons (Fsp3) is 0.485. The van der Waals surface area contributed by atoms with Gasteiger partial charge in [-0.2, -0.15) is 0 Å². The van der Waals surface area contributed by atoms with Crippen molar-refractivity contribution in [3.05, 3.63) is 64.8 Å². The van der Waals surface area contributed by atoms with Gasteiger partial charge in [0.25, 0.3) is 0 Å². The minimum Gasteiger partial charge on any atom is -0.496 e. The second kappa shape index (κ2) is 11.8. The zero-order chi connectivity index (χ0) is 30.2. The number of benzene rings is 2. The Bertz CT molecular complexity index is 1490. The lowest BCUT2D eigenvalue weighted by molar-refractivity contribution is -0.131. The molecule has 2 aliphatic heterocycles. The Labute approximate surface area is 247 Å². The van der Waals surface area contributed by atoms with Crippen molar-refractivity contribution in [2.75, 3.05) is 27.3 Å². The average molecular weight is 576 g/mol. The Hall–Kier alpha value is -3.85. The summed E-state index contributed by atoms with van der Waals surface area (Å²) in [6, 6.07) is 11.7. The van der Waals surface area contributed by atoms with Crippen molar-refractivity contribution in [1.29, 1.82) is 0 Å². The molecule has 3 aromatic rings. The number of carbonyl (C=O) groups excluding carboxylic acids is 3. The van der Waals surface area contributed by atoms with Gasteiger partial charge in [0, 0.05) is 55.3 Å². The van der Waals surface area contributed by atoms with E-state index in [1.165, 1.54) is 7.11 Å². The van der Waals surface area contributed by atoms with Gasteiger partial charge >= 0.3 is 12.1 Å². The number of esters is 1. The van der Waals surface area contributed by atoms with Crippen LogP contribution in [0.3, 0.4) is 0 Å². The molecule has 5 rings (SSSR count). The topological polar surface area (TPSA) is 90.3 Å². The normalized spacial score (nSPS) is 19.8. The van der Waals surface area contributed by atoms with E-state index in [1.807, 2.05) is 52.0 Å². The van der Waals surface area contributed by atoms with Gasteiger partial charge in [0.2, 0.25) is 5.91 Å². The molecule has 9 nitrogen and oxygen atoms in total. The van der Waals surface area contributed by atoms with Crippen molar-refractivity contribution < 1.29 is 28.6 Å². The Morgan fingerprint density at radius 3 is 2.40 bits per heavy atom. The minimum absolute atomic E-state index is 0.0119. The molecule has 42 heavy (non-hydrogen) atoms. The van der Waals surface area contributed by atoms with Gasteiger partial charge in [0.15, 0.2) is 0 Å². The smallest absolute Gasteiger partial charge is 0.419 e. The lowest BCUT2D eigenvalue weighted by atomic mass is 9.89. The summed E-state index contributed by atoms with van der Waals surface area (Å²) in [5.74, 6) is 0.626. The number of nitrogens with zero attached hydrogens (tertiary/aromatic N) is 3. The summed E-state index contributed by atoms with van der Waals surface area (Å²) in [5.41, 5.74) is 3.67. The van der Waals surface area contributed by atoms with Gasteiger partial charge in [0.1, 0.15) is 11.4 Å². The van der Waals surface area contributed by atoms with Crippen molar-refractivity contribution in [2.45, 2.75) is 77.6 Å². The van der Waals surface area contributed by atoms with Gasteiger partial charge in [-0.3, -0.25) is 14.3 Å². The van der Waals surface area contributed by atoms with E-state index in [9.17, 15) is 14.4 Å². The van der Waals surface area contributed by atoms with Crippen molar-refractivity contribution in [1.82, 2.24) is 14.4 Å². The summed E-state index contributed by atoms with van der Waals surface area (Å²) in [5, 5.41) is 0.939. The predicted molar refractivity (Wildman–Crippen MR) is 160 cm³/mol. The minimum atomic E-state index is -0.616. The van der Waals surface area contributed by atoms with Crippen LogP contribution in [-0.4, -0.2) is 71.3 Å². The van der Waals surface area contributed by atoms with Crippen LogP contribution in [0.4, 0.5) is 4.79 Å². The molecule has 0 saturated carbocycles. The van der Waals surface area contributed by atoms with Crippen LogP contribution in [-0.2, 0) is 20.8 Å². The highest BCUT2D eigenvalue weighted by Gasteiger charge is 2.37. The maximum atomic E-state index is 13.1. The van der Waals surface area contributed by atoms with Crippen molar-refractivity contribution in [2.24, 2.45) is 0 Å². The largest absolute Gasteiger partial charge is 0.496 e. The number of ether oxygens (including phenoxy) is 3. The number of fused-ring (bicyclic) bond motifs is 1. The Morgan fingerprint density at radius 1 is 1.05 bits per heavy atom. The lowest BCUT2D eigenvalue weighted by Crippen LogP contribution is -2.46. The third-order valence-electron chi connectivity index (χ3n) is 8.35. The number of carbonyl (C=O) groups is 3. The van der Waals surface area contributed by atoms with Gasteiger partial charge in [-0.15, -0.1) is 0 Å². The van der Waals surface area contributed by atoms with Crippen molar-refractivity contribution in [3.63, 3.8) is 0 Å². The van der Waals surface area contributed by atoms with E-state index in [4.69, 9.17) is 14.2 Å². The molecule has 2 atom stereocenters. The number of hydrogen-bond acceptors (Lipinski definition) is 7. The van der Waals surface area contributed by atoms with Crippen molar-refractivity contribution in [3.8, 4) is 5.75 Å². The third kappa shape index (κ3) is 5.88. The number of rotatable bonds is 6. The summed E-state index contributed by atoms with van der Waals surface area (Å²) in [6.45, 7) is 9.71. The third-order valence-corrected chi connectivity index (χ3v) is 8.35. The number of aryl methyl sites for hydroxylation is 1. The van der Waals surface area contributed by atoms with Gasteiger partial charge in [-0.05, 0) is 82.3 Å². The summed E-state index contributed by atoms with van der Waals surface area (Å²) in [6.07, 6.45) is 4.54. The van der Waals surface area contributed by atoms with Crippen LogP contribution in [0.15, 0.2) is 42.6 Å². The van der Waals surface area contributed by atoms with E-state index >= 15 is 0 Å². The van der Waals surface area contributed by atoms with Crippen LogP contribution in [0.5, 0.6) is 5.75 Å². The van der Waals surface area contributed by atoms with Gasteiger partial charge in [-0.1, -0.05) is 12.1 Å². The highest BCUT2D eigenvalue weighted by atomic mass is 16.6. The molecule has 1 amide bonds. The quantitative estimate of drug-likeness (QED) is 0.340. The molecule has 2 fully saturated rings. The van der Waals surface area contributed by atoms with Crippen LogP contribution in [0.1, 0.15) is 79.5 Å². The second-order valence-corrected chi connectivity index (χ2v) is 12.3. The van der Waals surface area contributed by atoms with E-state index in [1.54, 1.807) is 30.0 Å². The van der Waals surface area contributed by atoms with E-state index < -0.39 is 11.7 Å². The van der Waals surface area contributed by atoms with Crippen LogP contribution in [0, 0.1) is 6.92 Å². The van der Waals surface area contributed by atoms with Crippen LogP contribution in [0.2, 0.25) is 0 Å². The SMILES string of the molecule is COC(=O)c1ccc(C2CC(N3CCCC3=O)CCN2Cc2c(OC)cc(C)c3c2ccn3C(=O)OC(C)(C)C)cc1. The summed E-state index contributed by atoms with van der Waals surface area (Å²) >= 11 is 0. The first-order valence-corrected chi connectivity index (χ1v) is 14.6. The Kier molecular flexibility index (Phi) is 8.32. The van der Waals surface area contributed by atoms with Crippen LogP contribution < -0.4 is 4.74 Å². The predicted octanol–water partition coefficient (Wildman–Crippen LogP) is 5.86. The van der Waals surface area contributed by atoms with Crippen LogP contribution >= 0.6 is 0 Å². The average Bonchev–Trinajstić information content (AvgIpc) is 3.60. The molecule has 2 aromatic carbocycles. The standard InChI is InChI=1S/C33H41N3O6/c1-21-18-28(40-5)26(25-14-17-36(30(21)25)32(39)42-33(2,3)4)20-34-16-13-24(35-15-7-8-29(35)37)19-27(34)22-9-11-23(12-10-22)31(38)41-6/h9-12,14,17-18,24,27H,7-8,13,15-16,19-20H2,1-6H3. The maximum absolute atomic E-state index is 13.1. The number of amides is 1. The van der Waals surface area contributed by atoms with Gasteiger partial charge in [-0.25, -0.2) is 9.59 Å². The molecule has 2 saturated heterocycles. The second-order valence-electron chi connectivity index (χ2n) is 12.3. The van der Waals surface area contributed by atoms with Crippen LogP contribution in [0.25, 0.3) is 10.9 Å². The van der Waals surface area contributed by atoms with Gasteiger partial charge in [0.05, 0.1) is 25.3 Å². The highest BCUT2D eigenvalue weighted by molar-refractivity contribution is 5.95. The lowest BCUT2D eigenvalue weighted by Gasteiger charge is -2.43. The van der Waals surface area contributed by atoms with E-state index in [0.29, 0.717) is 18.5 Å². The molecule has 0 radical (unpaired) electrons. The monoisotopic (exact) mass is 575 g/mol. The highest BCUT2D eigenvalue weighted by Crippen LogP contribution is 2.39. The zero-order valence-corrected chi connectivity index (χ0v) is 25.4. The molecule has 2 aliphatic rings. The van der Waals surface area contributed by atoms with Crippen molar-refractivity contribution >= 4 is 28.9 Å². The summed E-state index contributed by atoms with van der Waals surface area (Å²) < 4.78 is 18.0. The molecular weight excluding hydrogens is 534 g/mol. The summed E-state index contributed by atoms with van der Waals surface area (Å²) in [4.78, 5) is 42.3. The number of piperidine rings is 1. The molecule has 2 unspecified atom stereocenters. The molecule has 0 bridgehead atoms. The first kappa shape index (κ1) is 29.6. The molecule has 1 aromatic heterocycles. The Morgan fingerprint density at radius 2 is 1.79 bits per heavy atom. The first-order valence-electron chi connectivity index (χ1n) is 14.6. The van der Waals surface area contributed by atoms with E-state index in [2.05, 4.69) is 9.80 Å². The number of aromatic nitrogens is 1. The Balaban J connectivity index is 1.52. The van der Waals surface area contributed by atoms with E-state index in [-0.39, 0.29) is 24.0 Å². The van der Waals surface area contributed by atoms with Gasteiger partial charge < -0.3 is 19.1 Å². The molecular formula is C33H41N3O6. The first-order chi connectivity index (χ1) is 20.0. The number of methoxy groups -OCH3 is 2. The molecule has 9 heteroatoms. The number of hydrogen-bond donors (Lipinski definition) is 0. The maximum Gasteiger partial charge on any atom is 0.419 e. The molecule has 0 spiro atoms. The zero-order valence-electron chi connectivity index (χ0n) is 25.4. The van der Waals surface area contributed by atoms with E-state index in [0.717, 1.165) is 65.7 Å². The molecule has 3 heterocycles. The molecule has 224 valence electrons. The fourth-order valence-electron chi connectivity index (χ4n) is 6.40.